The summed E-state index contributed by atoms with van der Waals surface area (Å²) in [7, 11) is 3.14. The zero-order chi connectivity index (χ0) is 29.7. The molecule has 3 heterocycles. The van der Waals surface area contributed by atoms with Crippen LogP contribution < -0.4 is 19.1 Å². The Kier molecular flexibility index (Phi) is 6.94. The fraction of sp³-hybridized carbons (Fsp3) is 0.265. The minimum Gasteiger partial charge on any atom is -0.496 e. The van der Waals surface area contributed by atoms with E-state index in [-0.39, 0.29) is 30.4 Å². The quantitative estimate of drug-likeness (QED) is 0.260. The first kappa shape index (κ1) is 27.3. The molecule has 4 aromatic carbocycles. The first-order valence-corrected chi connectivity index (χ1v) is 14.8. The lowest BCUT2D eigenvalue weighted by atomic mass is 9.94. The number of halogens is 1. The van der Waals surface area contributed by atoms with Crippen LogP contribution >= 0.6 is 11.6 Å². The van der Waals surface area contributed by atoms with E-state index in [9.17, 15) is 9.59 Å². The first-order chi connectivity index (χ1) is 21.0. The molecule has 0 radical (unpaired) electrons. The number of amides is 2. The van der Waals surface area contributed by atoms with E-state index in [0.29, 0.717) is 53.9 Å². The number of fused-ring (bicyclic) bond motifs is 6. The lowest BCUT2D eigenvalue weighted by Crippen LogP contribution is -2.44. The van der Waals surface area contributed by atoms with Gasteiger partial charge in [-0.1, -0.05) is 48.5 Å². The molecule has 0 spiro atoms. The number of alkyl halides is 1. The average molecular weight is 596 g/mol. The van der Waals surface area contributed by atoms with Crippen molar-refractivity contribution in [2.45, 2.75) is 24.9 Å². The number of aliphatic imine (C=N–C) groups is 1. The molecule has 218 valence electrons. The molecule has 9 heteroatoms. The van der Waals surface area contributed by atoms with Crippen LogP contribution in [-0.4, -0.2) is 62.2 Å². The van der Waals surface area contributed by atoms with Gasteiger partial charge in [-0.3, -0.25) is 14.6 Å². The van der Waals surface area contributed by atoms with Crippen LogP contribution in [-0.2, 0) is 17.8 Å². The summed E-state index contributed by atoms with van der Waals surface area (Å²) in [6, 6.07) is 21.2. The van der Waals surface area contributed by atoms with Gasteiger partial charge in [0.05, 0.1) is 37.2 Å². The van der Waals surface area contributed by atoms with Gasteiger partial charge in [-0.15, -0.1) is 11.6 Å². The second-order valence-electron chi connectivity index (χ2n) is 11.0. The van der Waals surface area contributed by atoms with Crippen molar-refractivity contribution in [2.24, 2.45) is 4.99 Å². The largest absolute Gasteiger partial charge is 0.496 e. The number of anilines is 1. The molecular formula is C34H30ClN3O5. The molecule has 0 saturated heterocycles. The molecular weight excluding hydrogens is 566 g/mol. The number of benzene rings is 4. The molecule has 0 saturated carbocycles. The third-order valence-corrected chi connectivity index (χ3v) is 9.01. The zero-order valence-electron chi connectivity index (χ0n) is 23.9. The van der Waals surface area contributed by atoms with Gasteiger partial charge in [0.25, 0.3) is 11.8 Å². The molecule has 0 unspecified atom stereocenters. The van der Waals surface area contributed by atoms with Crippen LogP contribution in [0.5, 0.6) is 17.2 Å². The van der Waals surface area contributed by atoms with Crippen LogP contribution in [0, 0.1) is 0 Å². The molecule has 3 aliphatic heterocycles. The van der Waals surface area contributed by atoms with E-state index in [4.69, 9.17) is 25.8 Å². The van der Waals surface area contributed by atoms with Crippen molar-refractivity contribution in [1.29, 1.82) is 0 Å². The molecule has 0 bridgehead atoms. The monoisotopic (exact) mass is 595 g/mol. The van der Waals surface area contributed by atoms with Crippen LogP contribution in [0.3, 0.4) is 0 Å². The van der Waals surface area contributed by atoms with E-state index in [1.807, 2.05) is 53.6 Å². The number of carbonyl (C=O) groups excluding carboxylic acids is 2. The van der Waals surface area contributed by atoms with Crippen LogP contribution in [0.1, 0.15) is 33.0 Å². The van der Waals surface area contributed by atoms with Gasteiger partial charge in [0.15, 0.2) is 18.1 Å². The third kappa shape index (κ3) is 4.57. The van der Waals surface area contributed by atoms with Gasteiger partial charge in [-0.05, 0) is 34.6 Å². The fourth-order valence-corrected chi connectivity index (χ4v) is 6.74. The Bertz CT molecular complexity index is 1800. The van der Waals surface area contributed by atoms with E-state index >= 15 is 0 Å². The Balaban J connectivity index is 1.16. The highest BCUT2D eigenvalue weighted by Crippen LogP contribution is 2.46. The van der Waals surface area contributed by atoms with Crippen LogP contribution in [0.4, 0.5) is 11.4 Å². The van der Waals surface area contributed by atoms with Crippen molar-refractivity contribution in [2.75, 3.05) is 38.2 Å². The minimum atomic E-state index is -0.236. The Morgan fingerprint density at radius 1 is 0.953 bits per heavy atom. The zero-order valence-corrected chi connectivity index (χ0v) is 24.6. The lowest BCUT2D eigenvalue weighted by Gasteiger charge is -2.34. The van der Waals surface area contributed by atoms with Gasteiger partial charge in [0.2, 0.25) is 0 Å². The summed E-state index contributed by atoms with van der Waals surface area (Å²) in [4.78, 5) is 35.6. The third-order valence-electron chi connectivity index (χ3n) is 8.63. The van der Waals surface area contributed by atoms with E-state index in [0.717, 1.165) is 27.6 Å². The minimum absolute atomic E-state index is 0.0246. The maximum atomic E-state index is 13.7. The Labute approximate surface area is 254 Å². The van der Waals surface area contributed by atoms with Crippen molar-refractivity contribution in [3.63, 3.8) is 0 Å². The summed E-state index contributed by atoms with van der Waals surface area (Å²) >= 11 is 6.40. The van der Waals surface area contributed by atoms with E-state index < -0.39 is 0 Å². The van der Waals surface area contributed by atoms with E-state index in [2.05, 4.69) is 17.1 Å². The van der Waals surface area contributed by atoms with Crippen molar-refractivity contribution >= 4 is 51.8 Å². The lowest BCUT2D eigenvalue weighted by molar-refractivity contribution is -0.120. The molecule has 43 heavy (non-hydrogen) atoms. The SMILES string of the molecule is COc1cc2c(cc1OCC(=O)N1C[C@@H](CCl)c3c1cc(OC)c1ccccc31)N=C[C@@H]1Cc3ccccc3CN1C2=O. The van der Waals surface area contributed by atoms with Gasteiger partial charge in [0, 0.05) is 48.6 Å². The molecule has 2 atom stereocenters. The van der Waals surface area contributed by atoms with E-state index in [1.165, 1.54) is 12.7 Å². The van der Waals surface area contributed by atoms with Gasteiger partial charge >= 0.3 is 0 Å². The highest BCUT2D eigenvalue weighted by molar-refractivity contribution is 6.19. The molecule has 2 amide bonds. The fourth-order valence-electron chi connectivity index (χ4n) is 6.48. The van der Waals surface area contributed by atoms with Crippen molar-refractivity contribution in [3.8, 4) is 17.2 Å². The van der Waals surface area contributed by atoms with Gasteiger partial charge in [-0.2, -0.15) is 0 Å². The van der Waals surface area contributed by atoms with Gasteiger partial charge in [0.1, 0.15) is 5.75 Å². The molecule has 0 N–H and O–H groups in total. The maximum Gasteiger partial charge on any atom is 0.264 e. The molecule has 0 aliphatic carbocycles. The summed E-state index contributed by atoms with van der Waals surface area (Å²) in [5.74, 6) is 1.40. The number of hydrogen-bond acceptors (Lipinski definition) is 6. The van der Waals surface area contributed by atoms with Crippen molar-refractivity contribution < 1.29 is 23.8 Å². The topological polar surface area (TPSA) is 80.7 Å². The Morgan fingerprint density at radius 3 is 2.47 bits per heavy atom. The summed E-state index contributed by atoms with van der Waals surface area (Å²) in [5.41, 5.74) is 5.09. The standard InChI is InChI=1S/C34H30ClN3O5/c1-41-29-14-28-33(25-10-6-5-9-24(25)29)22(15-35)18-38(28)32(39)19-43-31-13-27-26(12-30(31)42-2)34(40)37-17-21-8-4-3-7-20(21)11-23(37)16-36-27/h3-10,12-14,16,22-23H,11,15,17-19H2,1-2H3/t22-,23+/m1/s1. The van der Waals surface area contributed by atoms with Crippen molar-refractivity contribution in [1.82, 2.24) is 4.90 Å². The van der Waals surface area contributed by atoms with Crippen molar-refractivity contribution in [3.05, 3.63) is 89.0 Å². The second-order valence-corrected chi connectivity index (χ2v) is 11.3. The Morgan fingerprint density at radius 2 is 1.70 bits per heavy atom. The highest BCUT2D eigenvalue weighted by atomic mass is 35.5. The number of rotatable bonds is 6. The molecule has 0 fully saturated rings. The molecule has 4 aromatic rings. The number of hydrogen-bond donors (Lipinski definition) is 0. The number of methoxy groups -OCH3 is 2. The smallest absolute Gasteiger partial charge is 0.264 e. The average Bonchev–Trinajstić information content (AvgIpc) is 3.37. The summed E-state index contributed by atoms with van der Waals surface area (Å²) in [6.45, 7) is 0.721. The van der Waals surface area contributed by atoms with E-state index in [1.54, 1.807) is 24.1 Å². The predicted molar refractivity (Wildman–Crippen MR) is 167 cm³/mol. The molecule has 0 aromatic heterocycles. The highest BCUT2D eigenvalue weighted by Gasteiger charge is 2.36. The van der Waals surface area contributed by atoms with Crippen LogP contribution in [0.25, 0.3) is 10.8 Å². The number of nitrogens with zero attached hydrogens (tertiary/aromatic N) is 3. The van der Waals surface area contributed by atoms with Gasteiger partial charge in [-0.25, -0.2) is 0 Å². The van der Waals surface area contributed by atoms with Crippen LogP contribution in [0.15, 0.2) is 71.7 Å². The first-order valence-electron chi connectivity index (χ1n) is 14.2. The summed E-state index contributed by atoms with van der Waals surface area (Å²) < 4.78 is 17.3. The number of ether oxygens (including phenoxy) is 3. The predicted octanol–water partition coefficient (Wildman–Crippen LogP) is 5.89. The molecule has 7 rings (SSSR count). The van der Waals surface area contributed by atoms with Crippen LogP contribution in [0.2, 0.25) is 0 Å². The molecule has 3 aliphatic rings. The second kappa shape index (κ2) is 10.9. The molecule has 8 nitrogen and oxygen atoms in total. The normalized spacial score (nSPS) is 18.4. The Hall–Kier alpha value is -4.56. The summed E-state index contributed by atoms with van der Waals surface area (Å²) in [6.07, 6.45) is 2.53. The number of carbonyl (C=O) groups is 2. The van der Waals surface area contributed by atoms with Gasteiger partial charge < -0.3 is 24.0 Å². The summed E-state index contributed by atoms with van der Waals surface area (Å²) in [5, 5.41) is 2.00. The maximum absolute atomic E-state index is 13.7.